The zero-order valence-electron chi connectivity index (χ0n) is 12.9. The minimum absolute atomic E-state index is 0.0130. The molecule has 0 saturated heterocycles. The fourth-order valence-electron chi connectivity index (χ4n) is 2.09. The van der Waals surface area contributed by atoms with Gasteiger partial charge in [-0.1, -0.05) is 40.2 Å². The molecule has 0 aromatic heterocycles. The van der Waals surface area contributed by atoms with E-state index in [0.29, 0.717) is 13.1 Å². The highest BCUT2D eigenvalue weighted by Gasteiger charge is 2.10. The minimum atomic E-state index is -0.0130. The third-order valence-corrected chi connectivity index (χ3v) is 5.03. The molecule has 23 heavy (non-hydrogen) atoms. The average molecular weight is 393 g/mol. The number of amides is 1. The number of hydrogen-bond acceptors (Lipinski definition) is 3. The van der Waals surface area contributed by atoms with Gasteiger partial charge in [0.2, 0.25) is 0 Å². The lowest BCUT2D eigenvalue weighted by molar-refractivity contribution is 0.0950. The molecule has 0 saturated carbocycles. The van der Waals surface area contributed by atoms with Crippen LogP contribution in [0.4, 0.5) is 0 Å². The molecule has 0 bridgehead atoms. The van der Waals surface area contributed by atoms with Crippen LogP contribution in [0.25, 0.3) is 0 Å². The van der Waals surface area contributed by atoms with Gasteiger partial charge in [0.1, 0.15) is 0 Å². The smallest absolute Gasteiger partial charge is 0.252 e. The summed E-state index contributed by atoms with van der Waals surface area (Å²) < 4.78 is 1.07. The molecule has 2 aromatic rings. The Hall–Kier alpha value is -1.30. The first-order chi connectivity index (χ1) is 11.2. The van der Waals surface area contributed by atoms with Crippen LogP contribution in [0.1, 0.15) is 28.8 Å². The Balaban J connectivity index is 1.96. The van der Waals surface area contributed by atoms with Crippen molar-refractivity contribution in [1.82, 2.24) is 5.32 Å². The number of hydrogen-bond donors (Lipinski definition) is 2. The predicted octanol–water partition coefficient (Wildman–Crippen LogP) is 4.21. The molecule has 0 spiro atoms. The number of unbranched alkanes of at least 4 members (excludes halogenated alkanes) is 1. The summed E-state index contributed by atoms with van der Waals surface area (Å²) >= 11 is 5.12. The number of carbonyl (C=O) groups excluding carboxylic acids is 1. The summed E-state index contributed by atoms with van der Waals surface area (Å²) in [4.78, 5) is 13.3. The summed E-state index contributed by atoms with van der Waals surface area (Å²) in [5.74, 6) is 0.825. The molecule has 0 aliphatic heterocycles. The molecule has 1 amide bonds. The van der Waals surface area contributed by atoms with Gasteiger partial charge in [-0.05, 0) is 49.2 Å². The number of benzene rings is 2. The Morgan fingerprint density at radius 3 is 2.57 bits per heavy atom. The van der Waals surface area contributed by atoms with Crippen LogP contribution in [0.15, 0.2) is 57.9 Å². The second-order valence-electron chi connectivity index (χ2n) is 5.16. The second kappa shape index (κ2) is 9.75. The fraction of sp³-hybridized carbons (Fsp3) is 0.278. The van der Waals surface area contributed by atoms with Crippen LogP contribution >= 0.6 is 27.7 Å². The van der Waals surface area contributed by atoms with Crippen LogP contribution in [-0.2, 0) is 5.75 Å². The first kappa shape index (κ1) is 18.0. The van der Waals surface area contributed by atoms with E-state index < -0.39 is 0 Å². The SMILES string of the molecule is NCCCCNC(=O)c1ccccc1SCc1ccc(Br)cc1. The van der Waals surface area contributed by atoms with Crippen LogP contribution < -0.4 is 11.1 Å². The van der Waals surface area contributed by atoms with Crippen molar-refractivity contribution in [3.05, 3.63) is 64.1 Å². The van der Waals surface area contributed by atoms with Gasteiger partial charge in [-0.25, -0.2) is 0 Å². The number of nitrogens with one attached hydrogen (secondary N) is 1. The molecule has 3 nitrogen and oxygen atoms in total. The van der Waals surface area contributed by atoms with Gasteiger partial charge in [0.25, 0.3) is 5.91 Å². The van der Waals surface area contributed by atoms with Crippen molar-refractivity contribution >= 4 is 33.6 Å². The highest BCUT2D eigenvalue weighted by Crippen LogP contribution is 2.26. The fourth-order valence-corrected chi connectivity index (χ4v) is 3.36. The van der Waals surface area contributed by atoms with Gasteiger partial charge in [0.05, 0.1) is 5.56 Å². The maximum Gasteiger partial charge on any atom is 0.252 e. The zero-order valence-corrected chi connectivity index (χ0v) is 15.3. The maximum atomic E-state index is 12.3. The highest BCUT2D eigenvalue weighted by atomic mass is 79.9. The van der Waals surface area contributed by atoms with Crippen LogP contribution in [0.3, 0.4) is 0 Å². The largest absolute Gasteiger partial charge is 0.352 e. The summed E-state index contributed by atoms with van der Waals surface area (Å²) in [6.45, 7) is 1.33. The Morgan fingerprint density at radius 2 is 1.83 bits per heavy atom. The van der Waals surface area contributed by atoms with Gasteiger partial charge in [0.15, 0.2) is 0 Å². The monoisotopic (exact) mass is 392 g/mol. The molecule has 0 radical (unpaired) electrons. The highest BCUT2D eigenvalue weighted by molar-refractivity contribution is 9.10. The standard InChI is InChI=1S/C18H21BrN2OS/c19-15-9-7-14(8-10-15)13-23-17-6-2-1-5-16(17)18(22)21-12-4-3-11-20/h1-2,5-10H,3-4,11-13,20H2,(H,21,22). The molecule has 0 unspecified atom stereocenters. The van der Waals surface area contributed by atoms with E-state index in [1.807, 2.05) is 36.4 Å². The molecular weight excluding hydrogens is 372 g/mol. The van der Waals surface area contributed by atoms with Gasteiger partial charge in [-0.15, -0.1) is 11.8 Å². The van der Waals surface area contributed by atoms with Crippen LogP contribution in [0.2, 0.25) is 0 Å². The molecule has 122 valence electrons. The third-order valence-electron chi connectivity index (χ3n) is 3.36. The molecular formula is C18H21BrN2OS. The Bertz CT molecular complexity index is 631. The lowest BCUT2D eigenvalue weighted by Crippen LogP contribution is -2.25. The van der Waals surface area contributed by atoms with Crippen molar-refractivity contribution in [2.24, 2.45) is 5.73 Å². The van der Waals surface area contributed by atoms with E-state index in [2.05, 4.69) is 33.4 Å². The van der Waals surface area contributed by atoms with Crippen molar-refractivity contribution in [1.29, 1.82) is 0 Å². The molecule has 2 aromatic carbocycles. The van der Waals surface area contributed by atoms with Crippen LogP contribution in [-0.4, -0.2) is 19.0 Å². The number of nitrogens with two attached hydrogens (primary N) is 1. The molecule has 0 aliphatic rings. The number of thioether (sulfide) groups is 1. The van der Waals surface area contributed by atoms with E-state index in [9.17, 15) is 4.79 Å². The summed E-state index contributed by atoms with van der Waals surface area (Å²) in [6.07, 6.45) is 1.84. The van der Waals surface area contributed by atoms with Crippen LogP contribution in [0.5, 0.6) is 0 Å². The van der Waals surface area contributed by atoms with Gasteiger partial charge in [-0.3, -0.25) is 4.79 Å². The molecule has 0 aliphatic carbocycles. The summed E-state index contributed by atoms with van der Waals surface area (Å²) in [6, 6.07) is 16.0. The Morgan fingerprint density at radius 1 is 1.09 bits per heavy atom. The van der Waals surface area contributed by atoms with E-state index in [-0.39, 0.29) is 5.91 Å². The second-order valence-corrected chi connectivity index (χ2v) is 7.10. The summed E-state index contributed by atoms with van der Waals surface area (Å²) in [7, 11) is 0. The van der Waals surface area contributed by atoms with E-state index in [1.165, 1.54) is 5.56 Å². The van der Waals surface area contributed by atoms with E-state index in [4.69, 9.17) is 5.73 Å². The topological polar surface area (TPSA) is 55.1 Å². The van der Waals surface area contributed by atoms with Crippen LogP contribution in [0, 0.1) is 0 Å². The molecule has 0 atom stereocenters. The van der Waals surface area contributed by atoms with Gasteiger partial charge in [0, 0.05) is 21.7 Å². The average Bonchev–Trinajstić information content (AvgIpc) is 2.58. The molecule has 0 fully saturated rings. The number of halogens is 1. The minimum Gasteiger partial charge on any atom is -0.352 e. The van der Waals surface area contributed by atoms with Gasteiger partial charge in [-0.2, -0.15) is 0 Å². The Kier molecular flexibility index (Phi) is 7.65. The maximum absolute atomic E-state index is 12.3. The molecule has 3 N–H and O–H groups in total. The first-order valence-corrected chi connectivity index (χ1v) is 9.43. The number of carbonyl (C=O) groups is 1. The van der Waals surface area contributed by atoms with Crippen molar-refractivity contribution in [2.75, 3.05) is 13.1 Å². The van der Waals surface area contributed by atoms with Crippen molar-refractivity contribution in [3.63, 3.8) is 0 Å². The van der Waals surface area contributed by atoms with Gasteiger partial charge >= 0.3 is 0 Å². The first-order valence-electron chi connectivity index (χ1n) is 7.65. The Labute approximate surface area is 150 Å². The van der Waals surface area contributed by atoms with E-state index in [1.54, 1.807) is 11.8 Å². The quantitative estimate of drug-likeness (QED) is 0.522. The summed E-state index contributed by atoms with van der Waals surface area (Å²) in [5, 5.41) is 2.97. The zero-order chi connectivity index (χ0) is 16.5. The summed E-state index contributed by atoms with van der Waals surface area (Å²) in [5.41, 5.74) is 7.44. The predicted molar refractivity (Wildman–Crippen MR) is 101 cm³/mol. The number of rotatable bonds is 8. The van der Waals surface area contributed by atoms with Crippen molar-refractivity contribution in [3.8, 4) is 0 Å². The normalized spacial score (nSPS) is 10.5. The van der Waals surface area contributed by atoms with Crippen molar-refractivity contribution < 1.29 is 4.79 Å². The lowest BCUT2D eigenvalue weighted by atomic mass is 10.2. The van der Waals surface area contributed by atoms with E-state index in [0.717, 1.165) is 33.5 Å². The van der Waals surface area contributed by atoms with Crippen molar-refractivity contribution in [2.45, 2.75) is 23.5 Å². The van der Waals surface area contributed by atoms with Gasteiger partial charge < -0.3 is 11.1 Å². The van der Waals surface area contributed by atoms with E-state index >= 15 is 0 Å². The third kappa shape index (κ3) is 6.01. The lowest BCUT2D eigenvalue weighted by Gasteiger charge is -2.10. The molecule has 5 heteroatoms. The molecule has 2 rings (SSSR count). The molecule has 0 heterocycles.